The third-order valence-corrected chi connectivity index (χ3v) is 2.56. The minimum absolute atomic E-state index is 0.148. The van der Waals surface area contributed by atoms with Gasteiger partial charge in [0.2, 0.25) is 5.91 Å². The average molecular weight is 252 g/mol. The van der Waals surface area contributed by atoms with Gasteiger partial charge in [-0.15, -0.1) is 0 Å². The molecule has 0 aliphatic heterocycles. The molecule has 0 aliphatic carbocycles. The fourth-order valence-electron chi connectivity index (χ4n) is 1.71. The number of benzene rings is 1. The van der Waals surface area contributed by atoms with Crippen molar-refractivity contribution >= 4 is 17.9 Å². The molecule has 1 rings (SSSR count). The maximum absolute atomic E-state index is 13.1. The van der Waals surface area contributed by atoms with Crippen LogP contribution in [0.25, 0.3) is 0 Å². The SMILES string of the molecule is CCCN(CC(=O)NC)c1ccc(F)cc1C=O. The molecule has 0 radical (unpaired) electrons. The highest BCUT2D eigenvalue weighted by Gasteiger charge is 2.14. The van der Waals surface area contributed by atoms with E-state index in [0.717, 1.165) is 6.42 Å². The van der Waals surface area contributed by atoms with Crippen LogP contribution in [-0.2, 0) is 4.79 Å². The lowest BCUT2D eigenvalue weighted by atomic mass is 10.1. The number of aldehydes is 1. The summed E-state index contributed by atoms with van der Waals surface area (Å²) in [6.07, 6.45) is 1.43. The second kappa shape index (κ2) is 6.74. The number of hydrogen-bond acceptors (Lipinski definition) is 3. The molecular formula is C13H17FN2O2. The summed E-state index contributed by atoms with van der Waals surface area (Å²) in [4.78, 5) is 24.1. The van der Waals surface area contributed by atoms with Crippen LogP contribution in [0, 0.1) is 5.82 Å². The van der Waals surface area contributed by atoms with E-state index in [-0.39, 0.29) is 18.0 Å². The van der Waals surface area contributed by atoms with Gasteiger partial charge in [0.05, 0.1) is 6.54 Å². The van der Waals surface area contributed by atoms with E-state index in [9.17, 15) is 14.0 Å². The number of hydrogen-bond donors (Lipinski definition) is 1. The van der Waals surface area contributed by atoms with Crippen molar-refractivity contribution < 1.29 is 14.0 Å². The van der Waals surface area contributed by atoms with E-state index in [1.54, 1.807) is 11.9 Å². The van der Waals surface area contributed by atoms with Crippen molar-refractivity contribution in [1.82, 2.24) is 5.32 Å². The second-order valence-corrected chi connectivity index (χ2v) is 3.92. The Labute approximate surface area is 106 Å². The molecule has 1 aromatic carbocycles. The first-order valence-electron chi connectivity index (χ1n) is 5.82. The molecule has 0 saturated heterocycles. The summed E-state index contributed by atoms with van der Waals surface area (Å²) in [7, 11) is 1.55. The molecule has 0 bridgehead atoms. The number of carbonyl (C=O) groups excluding carboxylic acids is 2. The minimum atomic E-state index is -0.461. The first kappa shape index (κ1) is 14.2. The summed E-state index contributed by atoms with van der Waals surface area (Å²) >= 11 is 0. The summed E-state index contributed by atoms with van der Waals surface area (Å²) in [5.41, 5.74) is 0.837. The van der Waals surface area contributed by atoms with E-state index in [1.165, 1.54) is 18.2 Å². The molecule has 0 fully saturated rings. The minimum Gasteiger partial charge on any atom is -0.362 e. The molecule has 0 heterocycles. The van der Waals surface area contributed by atoms with Gasteiger partial charge >= 0.3 is 0 Å². The molecule has 0 aliphatic rings. The normalized spacial score (nSPS) is 9.94. The van der Waals surface area contributed by atoms with Crippen LogP contribution in [0.15, 0.2) is 18.2 Å². The summed E-state index contributed by atoms with van der Waals surface area (Å²) < 4.78 is 13.1. The number of likely N-dealkylation sites (N-methyl/N-ethyl adjacent to an activating group) is 1. The molecule has 0 spiro atoms. The zero-order valence-corrected chi connectivity index (χ0v) is 10.6. The van der Waals surface area contributed by atoms with Gasteiger partial charge in [-0.05, 0) is 24.6 Å². The molecule has 18 heavy (non-hydrogen) atoms. The molecule has 5 heteroatoms. The number of rotatable bonds is 6. The fraction of sp³-hybridized carbons (Fsp3) is 0.385. The van der Waals surface area contributed by atoms with Gasteiger partial charge in [0.1, 0.15) is 5.82 Å². The summed E-state index contributed by atoms with van der Waals surface area (Å²) in [6, 6.07) is 3.99. The topological polar surface area (TPSA) is 49.4 Å². The Morgan fingerprint density at radius 2 is 2.22 bits per heavy atom. The quantitative estimate of drug-likeness (QED) is 0.782. The molecule has 0 saturated carbocycles. The number of nitrogens with zero attached hydrogens (tertiary/aromatic N) is 1. The molecular weight excluding hydrogens is 235 g/mol. The van der Waals surface area contributed by atoms with Gasteiger partial charge in [-0.25, -0.2) is 4.39 Å². The maximum Gasteiger partial charge on any atom is 0.239 e. The van der Waals surface area contributed by atoms with Gasteiger partial charge in [0.25, 0.3) is 0 Å². The van der Waals surface area contributed by atoms with Gasteiger partial charge < -0.3 is 10.2 Å². The standard InChI is InChI=1S/C13H17FN2O2/c1-3-6-16(8-13(18)15-2)12-5-4-11(14)7-10(12)9-17/h4-5,7,9H,3,6,8H2,1-2H3,(H,15,18). The smallest absolute Gasteiger partial charge is 0.239 e. The number of carbonyl (C=O) groups is 2. The zero-order chi connectivity index (χ0) is 13.5. The molecule has 0 atom stereocenters. The highest BCUT2D eigenvalue weighted by Crippen LogP contribution is 2.20. The lowest BCUT2D eigenvalue weighted by Gasteiger charge is -2.24. The Hall–Kier alpha value is -1.91. The third kappa shape index (κ3) is 3.55. The number of halogens is 1. The summed E-state index contributed by atoms with van der Waals surface area (Å²) in [5.74, 6) is -0.609. The predicted octanol–water partition coefficient (Wildman–Crippen LogP) is 1.60. The van der Waals surface area contributed by atoms with E-state index in [2.05, 4.69) is 5.32 Å². The Morgan fingerprint density at radius 1 is 1.50 bits per heavy atom. The third-order valence-electron chi connectivity index (χ3n) is 2.56. The molecule has 98 valence electrons. The summed E-state index contributed by atoms with van der Waals surface area (Å²) in [5, 5.41) is 2.53. The van der Waals surface area contributed by atoms with E-state index in [0.29, 0.717) is 18.5 Å². The number of amides is 1. The molecule has 1 aromatic rings. The monoisotopic (exact) mass is 252 g/mol. The van der Waals surface area contributed by atoms with Crippen LogP contribution in [0.2, 0.25) is 0 Å². The van der Waals surface area contributed by atoms with Gasteiger partial charge in [0, 0.05) is 24.8 Å². The van der Waals surface area contributed by atoms with Crippen molar-refractivity contribution in [2.24, 2.45) is 0 Å². The number of nitrogens with one attached hydrogen (secondary N) is 1. The first-order chi connectivity index (χ1) is 8.62. The molecule has 1 amide bonds. The van der Waals surface area contributed by atoms with Gasteiger partial charge in [0.15, 0.2) is 6.29 Å². The van der Waals surface area contributed by atoms with E-state index in [1.807, 2.05) is 6.92 Å². The van der Waals surface area contributed by atoms with Crippen molar-refractivity contribution in [1.29, 1.82) is 0 Å². The lowest BCUT2D eigenvalue weighted by Crippen LogP contribution is -2.36. The number of anilines is 1. The van der Waals surface area contributed by atoms with Crippen molar-refractivity contribution in [3.63, 3.8) is 0 Å². The van der Waals surface area contributed by atoms with E-state index in [4.69, 9.17) is 0 Å². The van der Waals surface area contributed by atoms with Gasteiger partial charge in [-0.2, -0.15) is 0 Å². The van der Waals surface area contributed by atoms with Crippen molar-refractivity contribution in [3.8, 4) is 0 Å². The average Bonchev–Trinajstić information content (AvgIpc) is 2.37. The van der Waals surface area contributed by atoms with Crippen LogP contribution in [0.1, 0.15) is 23.7 Å². The van der Waals surface area contributed by atoms with Crippen LogP contribution in [0.5, 0.6) is 0 Å². The van der Waals surface area contributed by atoms with Crippen molar-refractivity contribution in [2.75, 3.05) is 25.0 Å². The first-order valence-corrected chi connectivity index (χ1v) is 5.82. The maximum atomic E-state index is 13.1. The van der Waals surface area contributed by atoms with Crippen LogP contribution >= 0.6 is 0 Å². The zero-order valence-electron chi connectivity index (χ0n) is 10.6. The lowest BCUT2D eigenvalue weighted by molar-refractivity contribution is -0.119. The largest absolute Gasteiger partial charge is 0.362 e. The van der Waals surface area contributed by atoms with Gasteiger partial charge in [-0.1, -0.05) is 6.92 Å². The molecule has 0 unspecified atom stereocenters. The molecule has 4 nitrogen and oxygen atoms in total. The van der Waals surface area contributed by atoms with Crippen LogP contribution in [-0.4, -0.2) is 32.3 Å². The second-order valence-electron chi connectivity index (χ2n) is 3.92. The molecule has 1 N–H and O–H groups in total. The Bertz CT molecular complexity index is 435. The van der Waals surface area contributed by atoms with Gasteiger partial charge in [-0.3, -0.25) is 9.59 Å². The molecule has 0 aromatic heterocycles. The van der Waals surface area contributed by atoms with Crippen molar-refractivity contribution in [3.05, 3.63) is 29.6 Å². The Kier molecular flexibility index (Phi) is 5.30. The fourth-order valence-corrected chi connectivity index (χ4v) is 1.71. The Balaban J connectivity index is 3.04. The highest BCUT2D eigenvalue weighted by atomic mass is 19.1. The van der Waals surface area contributed by atoms with Crippen LogP contribution < -0.4 is 10.2 Å². The van der Waals surface area contributed by atoms with Crippen LogP contribution in [0.3, 0.4) is 0 Å². The van der Waals surface area contributed by atoms with E-state index >= 15 is 0 Å². The van der Waals surface area contributed by atoms with E-state index < -0.39 is 5.82 Å². The van der Waals surface area contributed by atoms with Crippen molar-refractivity contribution in [2.45, 2.75) is 13.3 Å². The Morgan fingerprint density at radius 3 is 2.78 bits per heavy atom. The highest BCUT2D eigenvalue weighted by molar-refractivity contribution is 5.87. The summed E-state index contributed by atoms with van der Waals surface area (Å²) in [6.45, 7) is 2.75. The van der Waals surface area contributed by atoms with Crippen LogP contribution in [0.4, 0.5) is 10.1 Å². The predicted molar refractivity (Wildman–Crippen MR) is 68.4 cm³/mol.